The van der Waals surface area contributed by atoms with Gasteiger partial charge >= 0.3 is 0 Å². The van der Waals surface area contributed by atoms with Gasteiger partial charge in [-0.25, -0.2) is 0 Å². The Kier molecular flexibility index (Phi) is 15.6. The minimum atomic E-state index is -0.859. The maximum absolute atomic E-state index is 12.9. The van der Waals surface area contributed by atoms with Crippen LogP contribution in [0, 0.1) is 5.92 Å². The summed E-state index contributed by atoms with van der Waals surface area (Å²) in [5, 5.41) is 3.08. The molecule has 8 rings (SSSR count). The van der Waals surface area contributed by atoms with E-state index >= 15 is 0 Å². The third-order valence-corrected chi connectivity index (χ3v) is 11.7. The summed E-state index contributed by atoms with van der Waals surface area (Å²) < 4.78 is 60.6. The topological polar surface area (TPSA) is 112 Å². The molecular formula is C51H57NO10. The maximum Gasteiger partial charge on any atom is 0.217 e. The van der Waals surface area contributed by atoms with E-state index in [0.717, 1.165) is 27.8 Å². The summed E-state index contributed by atoms with van der Waals surface area (Å²) in [4.78, 5) is 12.9. The molecule has 11 heteroatoms. The molecule has 3 aliphatic rings. The lowest BCUT2D eigenvalue weighted by molar-refractivity contribution is -0.328. The van der Waals surface area contributed by atoms with Gasteiger partial charge < -0.3 is 47.9 Å². The quantitative estimate of drug-likeness (QED) is 0.0942. The van der Waals surface area contributed by atoms with Gasteiger partial charge in [0.2, 0.25) is 5.91 Å². The first-order chi connectivity index (χ1) is 30.5. The molecule has 11 atom stereocenters. The molecule has 1 saturated carbocycles. The minimum absolute atomic E-state index is 0.115. The molecule has 5 aromatic carbocycles. The van der Waals surface area contributed by atoms with E-state index in [1.54, 1.807) is 7.11 Å². The minimum Gasteiger partial charge on any atom is -0.374 e. The fourth-order valence-corrected chi connectivity index (χ4v) is 8.65. The van der Waals surface area contributed by atoms with E-state index < -0.39 is 55.2 Å². The highest BCUT2D eigenvalue weighted by molar-refractivity contribution is 5.73. The summed E-state index contributed by atoms with van der Waals surface area (Å²) >= 11 is 0. The number of carbonyl (C=O) groups is 1. The van der Waals surface area contributed by atoms with Gasteiger partial charge in [-0.05, 0) is 28.7 Å². The third-order valence-electron chi connectivity index (χ3n) is 11.7. The van der Waals surface area contributed by atoms with Crippen molar-refractivity contribution in [2.45, 2.75) is 101 Å². The van der Waals surface area contributed by atoms with E-state index in [1.807, 2.05) is 152 Å². The molecule has 0 aromatic heterocycles. The number of hydrogen-bond donors (Lipinski definition) is 1. The Hall–Kier alpha value is -4.79. The Balaban J connectivity index is 1.15. The molecule has 2 aliphatic heterocycles. The predicted octanol–water partition coefficient (Wildman–Crippen LogP) is 7.72. The molecule has 5 aromatic rings. The number of hydrogen-bond acceptors (Lipinski definition) is 10. The SMILES string of the molecule is CO[C@@H]1O[C@H](COCc2ccccc2)[C@@H](O[C@@H]2C[C@@H]3CO[C@@H](c4ccccc4)O[C@H]3[C@H](OCc3ccccc3)[C@H]2OCc2ccccc2)[C@H](OCc2ccccc2)[C@H]1NC(C)=O. The fourth-order valence-electron chi connectivity index (χ4n) is 8.65. The van der Waals surface area contributed by atoms with Gasteiger partial charge in [-0.15, -0.1) is 0 Å². The molecule has 0 spiro atoms. The van der Waals surface area contributed by atoms with Crippen LogP contribution in [0.2, 0.25) is 0 Å². The first kappa shape index (κ1) is 43.8. The average molecular weight is 844 g/mol. The number of fused-ring (bicyclic) bond motifs is 1. The van der Waals surface area contributed by atoms with Crippen LogP contribution in [0.4, 0.5) is 0 Å². The van der Waals surface area contributed by atoms with E-state index in [-0.39, 0.29) is 31.1 Å². The van der Waals surface area contributed by atoms with Crippen LogP contribution in [-0.2, 0) is 73.9 Å². The molecule has 1 amide bonds. The van der Waals surface area contributed by atoms with Gasteiger partial charge in [0.1, 0.15) is 36.6 Å². The van der Waals surface area contributed by atoms with Crippen molar-refractivity contribution in [1.29, 1.82) is 0 Å². The Labute approximate surface area is 364 Å². The van der Waals surface area contributed by atoms with Gasteiger partial charge in [-0.2, -0.15) is 0 Å². The van der Waals surface area contributed by atoms with Crippen LogP contribution in [0.1, 0.15) is 47.5 Å². The van der Waals surface area contributed by atoms with Gasteiger partial charge in [0.25, 0.3) is 0 Å². The first-order valence-electron chi connectivity index (χ1n) is 21.5. The van der Waals surface area contributed by atoms with Crippen LogP contribution in [0.5, 0.6) is 0 Å². The van der Waals surface area contributed by atoms with Crippen LogP contribution in [0.3, 0.4) is 0 Å². The number of methoxy groups -OCH3 is 1. The normalized spacial score (nSPS) is 28.5. The highest BCUT2D eigenvalue weighted by Crippen LogP contribution is 2.42. The summed E-state index contributed by atoms with van der Waals surface area (Å²) in [6.07, 6.45) is -5.23. The summed E-state index contributed by atoms with van der Waals surface area (Å²) in [5.41, 5.74) is 4.95. The van der Waals surface area contributed by atoms with E-state index in [0.29, 0.717) is 32.8 Å². The molecule has 326 valence electrons. The number of rotatable bonds is 18. The van der Waals surface area contributed by atoms with Crippen LogP contribution < -0.4 is 5.32 Å². The number of ether oxygens (including phenoxy) is 9. The molecule has 3 fully saturated rings. The number of benzene rings is 5. The van der Waals surface area contributed by atoms with E-state index in [2.05, 4.69) is 5.32 Å². The first-order valence-corrected chi connectivity index (χ1v) is 21.5. The van der Waals surface area contributed by atoms with Crippen molar-refractivity contribution in [3.63, 3.8) is 0 Å². The molecule has 2 saturated heterocycles. The summed E-state index contributed by atoms with van der Waals surface area (Å²) in [6.45, 7) is 3.30. The van der Waals surface area contributed by atoms with Crippen molar-refractivity contribution in [1.82, 2.24) is 5.32 Å². The monoisotopic (exact) mass is 843 g/mol. The lowest BCUT2D eigenvalue weighted by atomic mass is 9.79. The second kappa shape index (κ2) is 22.0. The molecule has 0 radical (unpaired) electrons. The molecule has 2 heterocycles. The summed E-state index contributed by atoms with van der Waals surface area (Å²) in [5.74, 6) is -0.369. The largest absolute Gasteiger partial charge is 0.374 e. The van der Waals surface area contributed by atoms with Crippen molar-refractivity contribution in [3.8, 4) is 0 Å². The zero-order valence-corrected chi connectivity index (χ0v) is 35.3. The Morgan fingerprint density at radius 2 is 1.11 bits per heavy atom. The number of amides is 1. The smallest absolute Gasteiger partial charge is 0.217 e. The van der Waals surface area contributed by atoms with Gasteiger partial charge in [0.15, 0.2) is 12.6 Å². The predicted molar refractivity (Wildman–Crippen MR) is 231 cm³/mol. The number of nitrogens with one attached hydrogen (secondary N) is 1. The molecule has 62 heavy (non-hydrogen) atoms. The van der Waals surface area contributed by atoms with Gasteiger partial charge in [0, 0.05) is 25.5 Å². The zero-order chi connectivity index (χ0) is 42.5. The molecule has 0 unspecified atom stereocenters. The highest BCUT2D eigenvalue weighted by atomic mass is 16.7. The second-order valence-electron chi connectivity index (χ2n) is 16.1. The Bertz CT molecular complexity index is 2060. The van der Waals surface area contributed by atoms with Gasteiger partial charge in [0.05, 0.1) is 51.8 Å². The maximum atomic E-state index is 12.9. The van der Waals surface area contributed by atoms with Crippen molar-refractivity contribution in [3.05, 3.63) is 179 Å². The van der Waals surface area contributed by atoms with Crippen molar-refractivity contribution in [2.24, 2.45) is 5.92 Å². The van der Waals surface area contributed by atoms with Crippen molar-refractivity contribution < 1.29 is 47.4 Å². The zero-order valence-electron chi connectivity index (χ0n) is 35.3. The summed E-state index contributed by atoms with van der Waals surface area (Å²) in [6, 6.07) is 49.3. The standard InChI is InChI=1S/C51H57NO10/c1-35(53)52-44-48(57-31-38-22-12-5-13-23-38)47(43(61-51(44)54-2)34-55-29-36-18-8-3-9-19-36)60-42-28-41-33-59-50(40-26-16-7-17-27-40)62-45(41)49(58-32-39-24-14-6-15-25-39)46(42)56-30-37-20-10-4-11-21-37/h3-27,41-51H,28-34H2,1-2H3,(H,52,53)/t41-,42-,43-,44-,45-,46+,47-,48-,49+,50-,51-/m1/s1. The van der Waals surface area contributed by atoms with E-state index in [9.17, 15) is 4.79 Å². The van der Waals surface area contributed by atoms with Gasteiger partial charge in [-0.1, -0.05) is 152 Å². The fraction of sp³-hybridized carbons (Fsp3) is 0.392. The summed E-state index contributed by atoms with van der Waals surface area (Å²) in [7, 11) is 1.56. The molecule has 0 bridgehead atoms. The lowest BCUT2D eigenvalue weighted by Gasteiger charge is -2.52. The highest BCUT2D eigenvalue weighted by Gasteiger charge is 2.55. The third kappa shape index (κ3) is 11.4. The van der Waals surface area contributed by atoms with Crippen LogP contribution in [-0.4, -0.2) is 81.3 Å². The molecule has 1 N–H and O–H groups in total. The lowest BCUT2D eigenvalue weighted by Crippen LogP contribution is -2.68. The van der Waals surface area contributed by atoms with E-state index in [1.165, 1.54) is 6.92 Å². The van der Waals surface area contributed by atoms with Crippen molar-refractivity contribution >= 4 is 5.91 Å². The van der Waals surface area contributed by atoms with Crippen molar-refractivity contribution in [2.75, 3.05) is 20.3 Å². The number of carbonyl (C=O) groups excluding carboxylic acids is 1. The van der Waals surface area contributed by atoms with Crippen LogP contribution >= 0.6 is 0 Å². The molecule has 11 nitrogen and oxygen atoms in total. The molecular weight excluding hydrogens is 787 g/mol. The van der Waals surface area contributed by atoms with Crippen LogP contribution in [0.15, 0.2) is 152 Å². The Morgan fingerprint density at radius 1 is 0.613 bits per heavy atom. The molecule has 1 aliphatic carbocycles. The van der Waals surface area contributed by atoms with E-state index in [4.69, 9.17) is 42.6 Å². The van der Waals surface area contributed by atoms with Gasteiger partial charge in [-0.3, -0.25) is 4.79 Å². The average Bonchev–Trinajstić information content (AvgIpc) is 3.32. The van der Waals surface area contributed by atoms with Crippen LogP contribution in [0.25, 0.3) is 0 Å². The second-order valence-corrected chi connectivity index (χ2v) is 16.1. The Morgan fingerprint density at radius 3 is 1.65 bits per heavy atom.